The molecule has 0 spiro atoms. The lowest BCUT2D eigenvalue weighted by molar-refractivity contribution is -0.164. The molecule has 0 radical (unpaired) electrons. The van der Waals surface area contributed by atoms with E-state index in [4.69, 9.17) is 57.4 Å². The maximum atomic E-state index is 13.5. The number of halogens is 4. The molecule has 8 heterocycles. The summed E-state index contributed by atoms with van der Waals surface area (Å²) in [6.45, 7) is 42.2. The Morgan fingerprint density at radius 1 is 0.471 bits per heavy atom. The van der Waals surface area contributed by atoms with Crippen LogP contribution in [0.15, 0.2) is 145 Å². The minimum absolute atomic E-state index is 0. The molecule has 10 amide bonds. The summed E-state index contributed by atoms with van der Waals surface area (Å²) < 4.78 is 12.7. The van der Waals surface area contributed by atoms with Crippen molar-refractivity contribution in [3.05, 3.63) is 211 Å². The average molecular weight is 1730 g/mol. The zero-order chi connectivity index (χ0) is 84.7. The highest BCUT2D eigenvalue weighted by Gasteiger charge is 2.65. The highest BCUT2D eigenvalue weighted by molar-refractivity contribution is 6.34. The summed E-state index contributed by atoms with van der Waals surface area (Å²) in [7, 11) is 0. The topological polar surface area (TPSA) is 281 Å². The highest BCUT2D eigenvalue weighted by Crippen LogP contribution is 2.57. The van der Waals surface area contributed by atoms with Gasteiger partial charge < -0.3 is 45.0 Å². The molecule has 0 bridgehead atoms. The maximum absolute atomic E-state index is 13.5. The van der Waals surface area contributed by atoms with E-state index < -0.39 is 53.4 Å². The molecule has 6 aromatic carbocycles. The molecule has 30 heteroatoms. The number of carbonyl (C=O) groups is 10. The van der Waals surface area contributed by atoms with Gasteiger partial charge in [-0.05, 0) is 135 Å². The molecule has 2 atom stereocenters. The van der Waals surface area contributed by atoms with Crippen LogP contribution in [-0.4, -0.2) is 201 Å². The second kappa shape index (κ2) is 36.5. The summed E-state index contributed by atoms with van der Waals surface area (Å²) in [4.78, 5) is 146. The van der Waals surface area contributed by atoms with Crippen LogP contribution in [-0.2, 0) is 19.2 Å². The van der Waals surface area contributed by atoms with Crippen LogP contribution in [0.2, 0.25) is 10.0 Å². The summed E-state index contributed by atoms with van der Waals surface area (Å²) in [5.74, 6) is -2.30. The monoisotopic (exact) mass is 1720 g/mol. The van der Waals surface area contributed by atoms with Crippen molar-refractivity contribution in [3.63, 3.8) is 0 Å². The molecule has 2 unspecified atom stereocenters. The van der Waals surface area contributed by atoms with Gasteiger partial charge in [0.2, 0.25) is 35.0 Å². The summed E-state index contributed by atoms with van der Waals surface area (Å²) in [5, 5.41) is 15.0. The normalized spacial score (nSPS) is 23.0. The van der Waals surface area contributed by atoms with Gasteiger partial charge in [0.15, 0.2) is 0 Å². The highest BCUT2D eigenvalue weighted by atomic mass is 35.5. The predicted octanol–water partition coefficient (Wildman–Crippen LogP) is 13.3. The summed E-state index contributed by atoms with van der Waals surface area (Å²) in [5.41, 5.74) is 8.56. The van der Waals surface area contributed by atoms with Crippen molar-refractivity contribution in [1.82, 2.24) is 41.3 Å². The van der Waals surface area contributed by atoms with Gasteiger partial charge in [-0.2, -0.15) is 0 Å². The van der Waals surface area contributed by atoms with Crippen LogP contribution in [0.4, 0.5) is 34.1 Å². The zero-order valence-electron chi connectivity index (χ0n) is 68.3. The van der Waals surface area contributed by atoms with E-state index in [2.05, 4.69) is 128 Å². The Kier molecular flexibility index (Phi) is 26.9. The fourth-order valence-electron chi connectivity index (χ4n) is 19.1. The number of hydrogen-bond acceptors (Lipinski definition) is 18. The molecule has 10 aliphatic rings. The minimum atomic E-state index is -0.980. The van der Waals surface area contributed by atoms with E-state index in [1.165, 1.54) is 11.1 Å². The van der Waals surface area contributed by atoms with Crippen LogP contribution in [0.1, 0.15) is 163 Å². The number of hydrogen-bond donors (Lipinski definition) is 5. The van der Waals surface area contributed by atoms with Crippen LogP contribution in [0.3, 0.4) is 0 Å². The number of amides is 10. The number of nitrogens with zero attached hydrogens (tertiary/aromatic N) is 9. The SMILES string of the molecule is C.Cl.O=C1CCC(N2C(=O)c3ccc(N4CCNCC4)cc3C2=O)C(=O)N1.[C-]#[N+]c1ccc(OC2C(C)(C)C(NC(=O)c3ccc(N4CC=C(CCl)CC4)cc3)C2(C)C)cc1Cl.[C-]#[N+]c1ccc(OC2C(C)(C)C(NC(=O)c3ccc(N4CC=C(CN5CCN(c6ccc7c(c6)C(=O)N(C6CCC(=O)NC6=O)C7=O)CC5)CC4)cc3)C2(C)C)cc1Cl. The number of fused-ring (bicyclic) bond motifs is 2. The van der Waals surface area contributed by atoms with E-state index in [0.717, 1.165) is 130 Å². The minimum Gasteiger partial charge on any atom is -0.489 e. The Morgan fingerprint density at radius 2 is 0.851 bits per heavy atom. The third kappa shape index (κ3) is 18.1. The van der Waals surface area contributed by atoms with Gasteiger partial charge >= 0.3 is 0 Å². The number of piperazine rings is 2. The van der Waals surface area contributed by atoms with E-state index in [9.17, 15) is 47.9 Å². The third-order valence-corrected chi connectivity index (χ3v) is 26.0. The Morgan fingerprint density at radius 3 is 1.21 bits per heavy atom. The number of nitrogens with one attached hydrogen (secondary N) is 5. The molecule has 5 N–H and O–H groups in total. The zero-order valence-corrected chi connectivity index (χ0v) is 71.4. The van der Waals surface area contributed by atoms with Gasteiger partial charge in [-0.1, -0.05) is 121 Å². The van der Waals surface area contributed by atoms with Gasteiger partial charge in [-0.25, -0.2) is 9.69 Å². The molecule has 8 aliphatic heterocycles. The molecule has 26 nitrogen and oxygen atoms in total. The first kappa shape index (κ1) is 89.4. The predicted molar refractivity (Wildman–Crippen MR) is 469 cm³/mol. The van der Waals surface area contributed by atoms with E-state index in [1.54, 1.807) is 60.7 Å². The molecular weight excluding hydrogens is 1620 g/mol. The van der Waals surface area contributed by atoms with E-state index in [1.807, 2.05) is 60.7 Å². The molecule has 121 heavy (non-hydrogen) atoms. The first-order valence-electron chi connectivity index (χ1n) is 40.3. The lowest BCUT2D eigenvalue weighted by atomic mass is 9.49. The number of alkyl halides is 1. The Hall–Kier alpha value is -10.8. The smallest absolute Gasteiger partial charge is 0.262 e. The van der Waals surface area contributed by atoms with Crippen LogP contribution >= 0.6 is 47.2 Å². The number of carbonyl (C=O) groups excluding carboxylic acids is 10. The second-order valence-corrected chi connectivity index (χ2v) is 35.3. The number of benzene rings is 6. The fraction of sp³-hybridized carbons (Fsp3) is 0.429. The Labute approximate surface area is 727 Å². The van der Waals surface area contributed by atoms with Gasteiger partial charge in [0.05, 0.1) is 45.4 Å². The lowest BCUT2D eigenvalue weighted by Crippen LogP contribution is -2.74. The van der Waals surface area contributed by atoms with Crippen molar-refractivity contribution >= 4 is 140 Å². The van der Waals surface area contributed by atoms with Crippen molar-refractivity contribution in [2.24, 2.45) is 21.7 Å². The van der Waals surface area contributed by atoms with Gasteiger partial charge in [0.1, 0.15) is 35.8 Å². The summed E-state index contributed by atoms with van der Waals surface area (Å²) >= 11 is 18.4. The van der Waals surface area contributed by atoms with Gasteiger partial charge in [-0.15, -0.1) is 24.0 Å². The first-order chi connectivity index (χ1) is 56.8. The van der Waals surface area contributed by atoms with Crippen molar-refractivity contribution in [3.8, 4) is 11.5 Å². The average Bonchev–Trinajstić information content (AvgIpc) is 1.71. The van der Waals surface area contributed by atoms with Crippen LogP contribution in [0.5, 0.6) is 11.5 Å². The number of ether oxygens (including phenoxy) is 2. The Balaban J connectivity index is 0.000000183. The van der Waals surface area contributed by atoms with Crippen molar-refractivity contribution < 1.29 is 57.4 Å². The molecule has 6 aromatic rings. The van der Waals surface area contributed by atoms with Crippen LogP contribution in [0, 0.1) is 34.8 Å². The van der Waals surface area contributed by atoms with Crippen molar-refractivity contribution in [2.75, 3.05) is 111 Å². The van der Waals surface area contributed by atoms with Crippen LogP contribution in [0.25, 0.3) is 9.69 Å². The lowest BCUT2D eigenvalue weighted by Gasteiger charge is -2.63. The third-order valence-electron chi connectivity index (χ3n) is 25.1. The Bertz CT molecular complexity index is 5210. The number of anilines is 4. The van der Waals surface area contributed by atoms with E-state index >= 15 is 0 Å². The fourth-order valence-corrected chi connectivity index (χ4v) is 19.8. The van der Waals surface area contributed by atoms with E-state index in [0.29, 0.717) is 66.6 Å². The van der Waals surface area contributed by atoms with Gasteiger partial charge in [0.25, 0.3) is 35.4 Å². The second-order valence-electron chi connectivity index (χ2n) is 34.2. The van der Waals surface area contributed by atoms with Gasteiger partial charge in [-0.3, -0.25) is 73.3 Å². The molecule has 4 saturated heterocycles. The molecule has 2 aliphatic carbocycles. The summed E-state index contributed by atoms with van der Waals surface area (Å²) in [6, 6.07) is 34.2. The van der Waals surface area contributed by atoms with Crippen LogP contribution < -0.4 is 55.7 Å². The molecule has 6 fully saturated rings. The summed E-state index contributed by atoms with van der Waals surface area (Å²) in [6.07, 6.45) is 6.59. The molecule has 0 aromatic heterocycles. The van der Waals surface area contributed by atoms with Crippen molar-refractivity contribution in [1.29, 1.82) is 0 Å². The van der Waals surface area contributed by atoms with E-state index in [-0.39, 0.29) is 115 Å². The standard InChI is InChI=1S/C45H48ClN7O6.C28H31Cl2N3O2.C17H18N4O4.CH4.ClH/c1-44(2)42(45(3,4)43(44)59-31-11-13-35(47-5)34(46)25-31)49-38(55)28-6-8-29(9-7-28)51-18-16-27(17-19-51)26-50-20-22-52(23-21-50)30-10-12-32-33(24-30)41(58)53(40(32)57)36-14-15-37(54)48-39(36)56;1-27(2)25(28(3,4)26(27)35-21-10-11-23(31-5)22(30)16-21)32-24(34)19-6-8-20(9-7-19)33-14-12-18(17-29)13-15-33;22-14-4-3-13(15(23)19-14)21-16(24)11-2-1-10(9-12(11)17(21)25)20-7-5-18-6-8-20;;/h6-13,16,24-25,36,42-43H,14-15,17-23,26H2,1-4H3,(H,49,55)(H,48,54,56);6-12,16,25-26H,13-15,17H2,1-4H3,(H,32,34);1-2,9,13,18H,3-8H2,(H,19,22,23);1H4;1H. The number of rotatable bonds is 17. The molecule has 2 saturated carbocycles. The first-order valence-corrected chi connectivity index (χ1v) is 41.6. The quantitative estimate of drug-likeness (QED) is 0.0245. The van der Waals surface area contributed by atoms with Gasteiger partial charge in [0, 0.05) is 171 Å². The molecule has 636 valence electrons. The van der Waals surface area contributed by atoms with Crippen molar-refractivity contribution in [2.45, 2.75) is 138 Å². The number of piperidine rings is 2. The molecular formula is C91H102Cl4N14O12. The molecule has 16 rings (SSSR count). The maximum Gasteiger partial charge on any atom is 0.262 e. The number of imide groups is 4. The largest absolute Gasteiger partial charge is 0.489 e.